The van der Waals surface area contributed by atoms with Gasteiger partial charge >= 0.3 is 0 Å². The predicted molar refractivity (Wildman–Crippen MR) is 63.4 cm³/mol. The number of halogens is 1. The Bertz CT molecular complexity index is 575. The summed E-state index contributed by atoms with van der Waals surface area (Å²) in [7, 11) is -2.66. The van der Waals surface area contributed by atoms with Crippen LogP contribution in [0.2, 0.25) is 0 Å². The Morgan fingerprint density at radius 3 is 2.80 bits per heavy atom. The van der Waals surface area contributed by atoms with Crippen LogP contribution in [0.25, 0.3) is 10.9 Å². The number of aromatic nitrogens is 1. The minimum atomic E-state index is -2.66. The van der Waals surface area contributed by atoms with Crippen molar-refractivity contribution in [1.29, 1.82) is 0 Å². The number of thiol groups is 1. The molecule has 15 heavy (non-hydrogen) atoms. The average Bonchev–Trinajstić information content (AvgIpc) is 2.22. The molecular formula is C9H7BrN2O2S. The summed E-state index contributed by atoms with van der Waals surface area (Å²) in [5.74, 6) is 0. The fourth-order valence-electron chi connectivity index (χ4n) is 1.33. The normalized spacial score (nSPS) is 10.8. The van der Waals surface area contributed by atoms with E-state index in [1.807, 2.05) is 6.07 Å². The number of hydrogen-bond donors (Lipinski definition) is 2. The maximum absolute atomic E-state index is 10.6. The summed E-state index contributed by atoms with van der Waals surface area (Å²) in [5.41, 5.74) is 1.12. The third-order valence-electron chi connectivity index (χ3n) is 1.93. The van der Waals surface area contributed by atoms with Crippen LogP contribution in [-0.2, 0) is 10.9 Å². The summed E-state index contributed by atoms with van der Waals surface area (Å²) in [6, 6.07) is 7.12. The number of rotatable bonds is 2. The van der Waals surface area contributed by atoms with E-state index >= 15 is 0 Å². The molecule has 1 aromatic carbocycles. The summed E-state index contributed by atoms with van der Waals surface area (Å²) in [6.45, 7) is 0. The number of benzene rings is 1. The van der Waals surface area contributed by atoms with E-state index in [1.165, 1.54) is 0 Å². The lowest BCUT2D eigenvalue weighted by atomic mass is 10.2. The zero-order valence-corrected chi connectivity index (χ0v) is 9.96. The van der Waals surface area contributed by atoms with Gasteiger partial charge < -0.3 is 0 Å². The molecule has 4 nitrogen and oxygen atoms in total. The Hall–Kier alpha value is -1.14. The van der Waals surface area contributed by atoms with Gasteiger partial charge in [-0.25, -0.2) is 8.42 Å². The van der Waals surface area contributed by atoms with Crippen molar-refractivity contribution < 1.29 is 8.42 Å². The first-order valence-electron chi connectivity index (χ1n) is 4.13. The van der Waals surface area contributed by atoms with E-state index in [0.29, 0.717) is 11.2 Å². The summed E-state index contributed by atoms with van der Waals surface area (Å²) >= 11 is 3.38. The Labute approximate surface area is 96.5 Å². The van der Waals surface area contributed by atoms with Gasteiger partial charge in [0.2, 0.25) is 10.9 Å². The quantitative estimate of drug-likeness (QED) is 0.830. The van der Waals surface area contributed by atoms with E-state index in [2.05, 4.69) is 25.6 Å². The van der Waals surface area contributed by atoms with Gasteiger partial charge in [0, 0.05) is 16.1 Å². The van der Waals surface area contributed by atoms with Crippen LogP contribution in [0, 0.1) is 0 Å². The van der Waals surface area contributed by atoms with Gasteiger partial charge in [-0.3, -0.25) is 9.71 Å². The highest BCUT2D eigenvalue weighted by Gasteiger charge is 2.04. The monoisotopic (exact) mass is 286 g/mol. The van der Waals surface area contributed by atoms with Gasteiger partial charge in [-0.1, -0.05) is 22.0 Å². The van der Waals surface area contributed by atoms with Crippen LogP contribution in [0.4, 0.5) is 5.69 Å². The van der Waals surface area contributed by atoms with Crippen molar-refractivity contribution in [3.8, 4) is 0 Å². The summed E-state index contributed by atoms with van der Waals surface area (Å²) < 4.78 is 24.4. The highest BCUT2D eigenvalue weighted by molar-refractivity contribution is 9.10. The minimum Gasteiger partial charge on any atom is -0.284 e. The first-order chi connectivity index (χ1) is 7.18. The first-order valence-corrected chi connectivity index (χ1v) is 6.10. The molecule has 0 aliphatic carbocycles. The lowest BCUT2D eigenvalue weighted by molar-refractivity contribution is 0.619. The van der Waals surface area contributed by atoms with Crippen LogP contribution in [0.3, 0.4) is 0 Å². The van der Waals surface area contributed by atoms with Gasteiger partial charge in [0.05, 0.1) is 11.2 Å². The number of anilines is 1. The van der Waals surface area contributed by atoms with Gasteiger partial charge in [-0.05, 0) is 18.2 Å². The molecule has 0 saturated carbocycles. The molecule has 1 heterocycles. The van der Waals surface area contributed by atoms with Crippen molar-refractivity contribution >= 4 is 43.4 Å². The molecule has 0 atom stereocenters. The number of pyridine rings is 1. The summed E-state index contributed by atoms with van der Waals surface area (Å²) in [5, 5.41) is 0.874. The summed E-state index contributed by atoms with van der Waals surface area (Å²) in [6.07, 6.45) is 1.62. The number of fused-ring (bicyclic) bond motifs is 1. The van der Waals surface area contributed by atoms with Crippen LogP contribution in [0.15, 0.2) is 34.9 Å². The van der Waals surface area contributed by atoms with Gasteiger partial charge in [-0.2, -0.15) is 0 Å². The van der Waals surface area contributed by atoms with Gasteiger partial charge in [-0.15, -0.1) is 0 Å². The average molecular weight is 287 g/mol. The second kappa shape index (κ2) is 4.16. The molecule has 1 N–H and O–H groups in total. The molecule has 2 rings (SSSR count). The zero-order chi connectivity index (χ0) is 10.8. The smallest absolute Gasteiger partial charge is 0.222 e. The predicted octanol–water partition coefficient (Wildman–Crippen LogP) is 1.94. The molecule has 2 aromatic rings. The highest BCUT2D eigenvalue weighted by atomic mass is 79.9. The number of nitrogens with zero attached hydrogens (tertiary/aromatic N) is 1. The molecule has 0 unspecified atom stereocenters. The van der Waals surface area contributed by atoms with Crippen molar-refractivity contribution in [3.63, 3.8) is 0 Å². The molecule has 0 aliphatic rings. The lowest BCUT2D eigenvalue weighted by Crippen LogP contribution is -1.96. The van der Waals surface area contributed by atoms with Crippen LogP contribution < -0.4 is 4.72 Å². The molecule has 0 bridgehead atoms. The SMILES string of the molecule is O=[SH](=O)Nc1ccc(Br)c2cccnc12. The minimum absolute atomic E-state index is 0.491. The molecule has 0 spiro atoms. The maximum atomic E-state index is 10.6. The fraction of sp³-hybridized carbons (Fsp3) is 0. The van der Waals surface area contributed by atoms with Crippen molar-refractivity contribution in [2.24, 2.45) is 0 Å². The van der Waals surface area contributed by atoms with E-state index in [0.717, 1.165) is 9.86 Å². The fourth-order valence-corrected chi connectivity index (χ4v) is 2.16. The summed E-state index contributed by atoms with van der Waals surface area (Å²) in [4.78, 5) is 4.14. The molecule has 0 aliphatic heterocycles. The molecule has 0 amide bonds. The first kappa shape index (κ1) is 10.4. The number of nitrogens with one attached hydrogen (secondary N) is 1. The Balaban J connectivity index is 2.71. The van der Waals surface area contributed by atoms with Crippen molar-refractivity contribution in [3.05, 3.63) is 34.9 Å². The molecule has 0 fully saturated rings. The standard InChI is InChI=1S/C9H7BrN2O2S/c10-7-3-4-8(12-15(13)14)9-6(7)2-1-5-11-9/h1-5,15H,(H,12,13,14). The molecule has 0 radical (unpaired) electrons. The van der Waals surface area contributed by atoms with Crippen LogP contribution in [-0.4, -0.2) is 13.4 Å². The third-order valence-corrected chi connectivity index (χ3v) is 3.04. The topological polar surface area (TPSA) is 59.1 Å². The van der Waals surface area contributed by atoms with E-state index in [9.17, 15) is 8.42 Å². The van der Waals surface area contributed by atoms with Gasteiger partial charge in [0.15, 0.2) is 0 Å². The van der Waals surface area contributed by atoms with Gasteiger partial charge in [0.1, 0.15) is 0 Å². The van der Waals surface area contributed by atoms with Gasteiger partial charge in [0.25, 0.3) is 0 Å². The van der Waals surface area contributed by atoms with E-state index in [4.69, 9.17) is 0 Å². The van der Waals surface area contributed by atoms with Crippen LogP contribution in [0.5, 0.6) is 0 Å². The second-order valence-electron chi connectivity index (χ2n) is 2.86. The van der Waals surface area contributed by atoms with E-state index in [-0.39, 0.29) is 0 Å². The van der Waals surface area contributed by atoms with E-state index in [1.54, 1.807) is 24.4 Å². The Morgan fingerprint density at radius 2 is 2.07 bits per heavy atom. The molecule has 78 valence electrons. The van der Waals surface area contributed by atoms with Crippen LogP contribution >= 0.6 is 15.9 Å². The molecular weight excluding hydrogens is 280 g/mol. The van der Waals surface area contributed by atoms with E-state index < -0.39 is 10.9 Å². The Morgan fingerprint density at radius 1 is 1.27 bits per heavy atom. The molecule has 6 heteroatoms. The maximum Gasteiger partial charge on any atom is 0.222 e. The third kappa shape index (κ3) is 2.10. The van der Waals surface area contributed by atoms with Crippen molar-refractivity contribution in [2.45, 2.75) is 0 Å². The highest BCUT2D eigenvalue weighted by Crippen LogP contribution is 2.28. The number of hydrogen-bond acceptors (Lipinski definition) is 3. The van der Waals surface area contributed by atoms with Crippen LogP contribution in [0.1, 0.15) is 0 Å². The van der Waals surface area contributed by atoms with Crippen molar-refractivity contribution in [1.82, 2.24) is 4.98 Å². The van der Waals surface area contributed by atoms with Crippen molar-refractivity contribution in [2.75, 3.05) is 4.72 Å². The molecule has 1 aromatic heterocycles. The molecule has 0 saturated heterocycles. The zero-order valence-electron chi connectivity index (χ0n) is 7.48. The lowest BCUT2D eigenvalue weighted by Gasteiger charge is -2.05. The second-order valence-corrected chi connectivity index (χ2v) is 4.46. The largest absolute Gasteiger partial charge is 0.284 e. The Kier molecular flexibility index (Phi) is 2.88.